The van der Waals surface area contributed by atoms with E-state index < -0.39 is 84.0 Å². The monoisotopic (exact) mass is 918 g/mol. The lowest BCUT2D eigenvalue weighted by molar-refractivity contribution is -0.231. The van der Waals surface area contributed by atoms with Crippen LogP contribution in [0.2, 0.25) is 0 Å². The molecule has 1 saturated carbocycles. The van der Waals surface area contributed by atoms with E-state index >= 15 is 8.78 Å². The number of ether oxygens (including phenoxy) is 5. The van der Waals surface area contributed by atoms with Crippen molar-refractivity contribution in [3.05, 3.63) is 47.6 Å². The van der Waals surface area contributed by atoms with E-state index in [4.69, 9.17) is 23.7 Å². The van der Waals surface area contributed by atoms with Crippen LogP contribution in [-0.4, -0.2) is 122 Å². The Morgan fingerprint density at radius 1 is 0.877 bits per heavy atom. The average molecular weight is 918 g/mol. The molecule has 0 aromatic rings. The second-order valence-electron chi connectivity index (χ2n) is 19.5. The minimum Gasteiger partial charge on any atom is -0.460 e. The van der Waals surface area contributed by atoms with Crippen molar-refractivity contribution in [1.29, 1.82) is 0 Å². The number of aliphatic hydroxyl groups excluding tert-OH is 1. The van der Waals surface area contributed by atoms with Gasteiger partial charge in [0, 0.05) is 58.5 Å². The highest BCUT2D eigenvalue weighted by Gasteiger charge is 2.55. The zero-order valence-corrected chi connectivity index (χ0v) is 40.5. The normalized spacial score (nSPS) is 40.4. The molecule has 15 atom stereocenters. The van der Waals surface area contributed by atoms with Crippen LogP contribution in [0.3, 0.4) is 0 Å². The number of hydrogen-bond donors (Lipinski definition) is 1. The fraction of sp³-hybridized carbons (Fsp3) is 0.745. The molecule has 366 valence electrons. The van der Waals surface area contributed by atoms with Crippen LogP contribution >= 0.6 is 0 Å². The van der Waals surface area contributed by atoms with Gasteiger partial charge in [-0.05, 0) is 107 Å². The van der Waals surface area contributed by atoms with Crippen molar-refractivity contribution in [3.8, 4) is 0 Å². The number of hydrogen-bond acceptors (Lipinski definition) is 11. The molecule has 2 saturated heterocycles. The van der Waals surface area contributed by atoms with Crippen LogP contribution in [0.25, 0.3) is 0 Å². The first-order valence-electron chi connectivity index (χ1n) is 23.8. The van der Waals surface area contributed by atoms with E-state index in [1.165, 1.54) is 34.1 Å². The van der Waals surface area contributed by atoms with Gasteiger partial charge in [-0.3, -0.25) is 19.2 Å². The Labute approximate surface area is 385 Å². The third kappa shape index (κ3) is 14.3. The Bertz CT molecular complexity index is 1760. The summed E-state index contributed by atoms with van der Waals surface area (Å²) in [6, 6.07) is -1.21. The molecule has 1 N–H and O–H groups in total. The number of amides is 1. The highest BCUT2D eigenvalue weighted by molar-refractivity contribution is 6.39. The maximum Gasteiger partial charge on any atom is 0.329 e. The number of fused-ring (bicyclic) bond motifs is 3. The van der Waals surface area contributed by atoms with Crippen LogP contribution in [0.15, 0.2) is 47.6 Å². The van der Waals surface area contributed by atoms with Gasteiger partial charge in [0.1, 0.15) is 17.9 Å². The molecule has 65 heavy (non-hydrogen) atoms. The lowest BCUT2D eigenvalue weighted by atomic mass is 9.78. The number of piperidine rings is 1. The van der Waals surface area contributed by atoms with E-state index in [0.717, 1.165) is 10.5 Å². The second-order valence-corrected chi connectivity index (χ2v) is 19.5. The van der Waals surface area contributed by atoms with Gasteiger partial charge in [0.2, 0.25) is 0 Å². The van der Waals surface area contributed by atoms with Gasteiger partial charge < -0.3 is 33.7 Å². The van der Waals surface area contributed by atoms with Crippen LogP contribution in [0, 0.1) is 35.5 Å². The number of cyclic esters (lactones) is 1. The minimum atomic E-state index is -2.94. The molecule has 1 aliphatic carbocycles. The maximum atomic E-state index is 17.0. The third-order valence-electron chi connectivity index (χ3n) is 14.4. The Hall–Kier alpha value is -3.43. The number of rotatable bonds is 6. The second kappa shape index (κ2) is 25.1. The zero-order chi connectivity index (χ0) is 48.2. The number of allylic oxidation sites excluding steroid dienone is 6. The van der Waals surface area contributed by atoms with Gasteiger partial charge in [-0.15, -0.1) is 0 Å². The number of halogens is 2. The number of carbonyl (C=O) groups is 5. The van der Waals surface area contributed by atoms with Crippen molar-refractivity contribution < 1.29 is 61.5 Å². The van der Waals surface area contributed by atoms with E-state index in [-0.39, 0.29) is 73.2 Å². The third-order valence-corrected chi connectivity index (χ3v) is 14.4. The van der Waals surface area contributed by atoms with Gasteiger partial charge in [-0.25, -0.2) is 13.6 Å². The van der Waals surface area contributed by atoms with E-state index in [1.54, 1.807) is 21.0 Å². The molecule has 0 radical (unpaired) electrons. The van der Waals surface area contributed by atoms with Crippen molar-refractivity contribution in [1.82, 2.24) is 4.90 Å². The maximum absolute atomic E-state index is 17.0. The fourth-order valence-electron chi connectivity index (χ4n) is 10.1. The Morgan fingerprint density at radius 3 is 2.28 bits per heavy atom. The predicted octanol–water partition coefficient (Wildman–Crippen LogP) is 8.14. The van der Waals surface area contributed by atoms with Gasteiger partial charge in [0.25, 0.3) is 17.5 Å². The summed E-state index contributed by atoms with van der Waals surface area (Å²) >= 11 is 0. The smallest absolute Gasteiger partial charge is 0.329 e. The van der Waals surface area contributed by atoms with Gasteiger partial charge in [-0.2, -0.15) is 0 Å². The Morgan fingerprint density at radius 2 is 1.60 bits per heavy atom. The molecule has 14 heteroatoms. The molecule has 3 heterocycles. The quantitative estimate of drug-likeness (QED) is 0.156. The molecule has 4 aliphatic rings. The van der Waals surface area contributed by atoms with Crippen LogP contribution in [0.5, 0.6) is 0 Å². The fourth-order valence-corrected chi connectivity index (χ4v) is 10.1. The van der Waals surface area contributed by atoms with Gasteiger partial charge in [0.15, 0.2) is 18.1 Å². The van der Waals surface area contributed by atoms with Crippen molar-refractivity contribution in [2.45, 2.75) is 180 Å². The molecular weight excluding hydrogens is 841 g/mol. The van der Waals surface area contributed by atoms with Crippen LogP contribution < -0.4 is 0 Å². The first kappa shape index (κ1) is 54.2. The largest absolute Gasteiger partial charge is 0.460 e. The van der Waals surface area contributed by atoms with Crippen molar-refractivity contribution >= 4 is 29.2 Å². The molecule has 12 nitrogen and oxygen atoms in total. The molecule has 2 bridgehead atoms. The molecule has 0 spiro atoms. The number of esters is 1. The Balaban J connectivity index is 1.70. The minimum absolute atomic E-state index is 0.0206. The molecule has 0 aromatic heterocycles. The SMILES string of the molecule is CO[C@H]1C[C@@H]2CC[C@@H](C)[C@@](F)(O2)C(=O)C(=O)N2CCCCC2C(=O)O[C@H]([C@H](C)C[C@@H]2CC[C@H](O)[C@H](OC)C2)CC(=O)[C@H](C)/C=C(\C)C(F)[C@@H](OC)C(=O)[C@H](C)C[C@H](C)/C=C/C=C/C=C/1C. The van der Waals surface area contributed by atoms with E-state index in [1.807, 2.05) is 51.2 Å². The zero-order valence-electron chi connectivity index (χ0n) is 40.5. The van der Waals surface area contributed by atoms with Crippen LogP contribution in [0.4, 0.5) is 8.78 Å². The number of nitrogens with zero attached hydrogens (tertiary/aromatic N) is 1. The summed E-state index contributed by atoms with van der Waals surface area (Å²) in [7, 11) is 4.38. The highest BCUT2D eigenvalue weighted by Crippen LogP contribution is 2.40. The summed E-state index contributed by atoms with van der Waals surface area (Å²) in [5, 5.41) is 10.5. The molecule has 2 unspecified atom stereocenters. The van der Waals surface area contributed by atoms with E-state index in [9.17, 15) is 29.1 Å². The Kier molecular flexibility index (Phi) is 20.9. The number of carbonyl (C=O) groups excluding carboxylic acids is 5. The lowest BCUT2D eigenvalue weighted by Gasteiger charge is -2.41. The summed E-state index contributed by atoms with van der Waals surface area (Å²) in [4.78, 5) is 71.3. The first-order valence-corrected chi connectivity index (χ1v) is 23.8. The number of ketones is 3. The number of methoxy groups -OCH3 is 3. The summed E-state index contributed by atoms with van der Waals surface area (Å²) in [6.45, 7) is 12.2. The van der Waals surface area contributed by atoms with Crippen LogP contribution in [-0.2, 0) is 47.7 Å². The predicted molar refractivity (Wildman–Crippen MR) is 243 cm³/mol. The van der Waals surface area contributed by atoms with Gasteiger partial charge in [-0.1, -0.05) is 71.1 Å². The van der Waals surface area contributed by atoms with Gasteiger partial charge in [0.05, 0.1) is 24.4 Å². The summed E-state index contributed by atoms with van der Waals surface area (Å²) in [5.74, 6) is -9.64. The number of alkyl halides is 2. The van der Waals surface area contributed by atoms with E-state index in [2.05, 4.69) is 0 Å². The summed E-state index contributed by atoms with van der Waals surface area (Å²) in [6.07, 6.45) is 9.11. The summed E-state index contributed by atoms with van der Waals surface area (Å²) in [5.41, 5.74) is 0.981. The van der Waals surface area contributed by atoms with Crippen molar-refractivity contribution in [2.24, 2.45) is 35.5 Å². The first-order chi connectivity index (χ1) is 30.7. The summed E-state index contributed by atoms with van der Waals surface area (Å²) < 4.78 is 62.1. The molecule has 1 amide bonds. The average Bonchev–Trinajstić information content (AvgIpc) is 3.28. The van der Waals surface area contributed by atoms with Crippen molar-refractivity contribution in [2.75, 3.05) is 27.9 Å². The molecule has 3 fully saturated rings. The van der Waals surface area contributed by atoms with Crippen molar-refractivity contribution in [3.63, 3.8) is 0 Å². The molecular formula is C51H77F2NO11. The molecule has 4 rings (SSSR count). The highest BCUT2D eigenvalue weighted by atomic mass is 19.2. The van der Waals surface area contributed by atoms with Gasteiger partial charge >= 0.3 is 5.97 Å². The number of Topliss-reactive ketones (excluding diaryl/α,β-unsaturated/α-hetero) is 3. The standard InChI is InChI=1S/C51H77F2NO11/c1-30-16-12-11-13-17-31(2)42(61-8)28-38-21-19-36(7)51(53,65-38)48(58)49(59)54-23-15-14-18-39(54)50(60)64-43(33(4)26-37-20-22-40(55)44(27-37)62-9)29-41(56)32(3)25-34(5)45(52)47(63-10)46(57)35(6)24-30/h11-13,16-17,25,30,32-33,35-40,42-45,47,55H,14-15,18-24,26-29H2,1-10H3/b13-11+,16-12+,31-17+,34-25+/t30-,32-,33-,35-,36-,37+,38+,39?,40+,42+,43+,44-,45?,47-,51-/m1/s1. The molecule has 3 aliphatic heterocycles. The number of aliphatic hydroxyl groups is 1. The topological polar surface area (TPSA) is 155 Å². The van der Waals surface area contributed by atoms with E-state index in [0.29, 0.717) is 51.4 Å². The van der Waals surface area contributed by atoms with Crippen LogP contribution in [0.1, 0.15) is 126 Å². The molecule has 0 aromatic carbocycles. The lowest BCUT2D eigenvalue weighted by Crippen LogP contribution is -2.59.